The second-order valence-electron chi connectivity index (χ2n) is 10.5. The van der Waals surface area contributed by atoms with E-state index in [1.165, 1.54) is 52.7 Å². The Hall–Kier alpha value is -6.20. The number of rotatable bonds is 15. The van der Waals surface area contributed by atoms with Gasteiger partial charge in [-0.1, -0.05) is 12.1 Å². The minimum Gasteiger partial charge on any atom is -0.505 e. The number of methoxy groups -OCH3 is 4. The highest BCUT2D eigenvalue weighted by Gasteiger charge is 2.44. The smallest absolute Gasteiger partial charge is 0.378 e. The molecule has 5 N–H and O–H groups in total. The Labute approximate surface area is 289 Å². The van der Waals surface area contributed by atoms with E-state index in [9.17, 15) is 44.7 Å². The summed E-state index contributed by atoms with van der Waals surface area (Å²) in [6.07, 6.45) is -3.68. The number of carbonyl (C=O) groups is 4. The van der Waals surface area contributed by atoms with E-state index in [0.29, 0.717) is 22.8 Å². The van der Waals surface area contributed by atoms with E-state index < -0.39 is 84.0 Å². The number of cyclic esters (lactones) is 2. The predicted octanol–water partition coefficient (Wildman–Crippen LogP) is 1.97. The first kappa shape index (κ1) is 37.6. The summed E-state index contributed by atoms with van der Waals surface area (Å²) in [5.74, 6) is -7.89. The number of hydrogen-bond donors (Lipinski definition) is 5. The number of carbonyl (C=O) groups excluding carboxylic acids is 4. The minimum absolute atomic E-state index is 0.0299. The van der Waals surface area contributed by atoms with Gasteiger partial charge in [0.15, 0.2) is 41.0 Å². The van der Waals surface area contributed by atoms with Gasteiger partial charge in [0.05, 0.1) is 34.0 Å². The van der Waals surface area contributed by atoms with Crippen LogP contribution < -0.4 is 18.9 Å². The van der Waals surface area contributed by atoms with E-state index in [1.54, 1.807) is 18.2 Å². The number of esters is 4. The van der Waals surface area contributed by atoms with Crippen LogP contribution in [0.3, 0.4) is 0 Å². The average Bonchev–Trinajstić information content (AvgIpc) is 3.56. The van der Waals surface area contributed by atoms with Crippen LogP contribution in [0.25, 0.3) is 11.6 Å². The van der Waals surface area contributed by atoms with Crippen LogP contribution in [0, 0.1) is 0 Å². The highest BCUT2D eigenvalue weighted by Crippen LogP contribution is 2.37. The second kappa shape index (κ2) is 16.5. The Morgan fingerprint density at radius 3 is 2.04 bits per heavy atom. The Balaban J connectivity index is 1.58. The Morgan fingerprint density at radius 2 is 1.45 bits per heavy atom. The zero-order valence-electron chi connectivity index (χ0n) is 27.6. The molecule has 272 valence electrons. The third kappa shape index (κ3) is 8.17. The molecule has 2 aromatic carbocycles. The second-order valence-corrected chi connectivity index (χ2v) is 10.5. The van der Waals surface area contributed by atoms with Crippen LogP contribution in [0.2, 0.25) is 0 Å². The van der Waals surface area contributed by atoms with Gasteiger partial charge in [-0.05, 0) is 53.5 Å². The fraction of sp³-hybridized carbons (Fsp3) is 0.294. The summed E-state index contributed by atoms with van der Waals surface area (Å²) in [5, 5.41) is 51.5. The molecule has 2 heterocycles. The van der Waals surface area contributed by atoms with Crippen LogP contribution in [0.1, 0.15) is 17.5 Å². The van der Waals surface area contributed by atoms with Crippen molar-refractivity contribution < 1.29 is 82.6 Å². The quantitative estimate of drug-likeness (QED) is 0.101. The maximum Gasteiger partial charge on any atom is 0.378 e. The molecule has 0 spiro atoms. The maximum absolute atomic E-state index is 13.7. The van der Waals surface area contributed by atoms with Crippen molar-refractivity contribution >= 4 is 35.5 Å². The van der Waals surface area contributed by atoms with Crippen LogP contribution in [0.4, 0.5) is 0 Å². The van der Waals surface area contributed by atoms with E-state index >= 15 is 0 Å². The van der Waals surface area contributed by atoms with Crippen LogP contribution in [-0.2, 0) is 38.1 Å². The Kier molecular flexibility index (Phi) is 12.1. The lowest BCUT2D eigenvalue weighted by Gasteiger charge is -2.22. The number of aliphatic hydroxyl groups excluding tert-OH is 5. The summed E-state index contributed by atoms with van der Waals surface area (Å²) in [6, 6.07) is 9.13. The van der Waals surface area contributed by atoms with Crippen LogP contribution in [-0.4, -0.2) is 109 Å². The summed E-state index contributed by atoms with van der Waals surface area (Å²) in [7, 11) is 5.61. The van der Waals surface area contributed by atoms with Gasteiger partial charge in [0, 0.05) is 12.7 Å². The normalized spacial score (nSPS) is 18.2. The van der Waals surface area contributed by atoms with Crippen LogP contribution in [0.15, 0.2) is 71.1 Å². The molecule has 0 aliphatic carbocycles. The molecule has 0 saturated heterocycles. The number of benzene rings is 2. The molecule has 2 aliphatic heterocycles. The minimum atomic E-state index is -1.95. The van der Waals surface area contributed by atoms with Gasteiger partial charge in [0.25, 0.3) is 0 Å². The van der Waals surface area contributed by atoms with Crippen molar-refractivity contribution in [3.63, 3.8) is 0 Å². The first-order valence-corrected chi connectivity index (χ1v) is 14.9. The third-order valence-corrected chi connectivity index (χ3v) is 7.49. The highest BCUT2D eigenvalue weighted by molar-refractivity contribution is 6.02. The molecule has 17 nitrogen and oxygen atoms in total. The molecule has 2 aromatic rings. The molecular formula is C34H34O17. The standard InChI is InChI=1S/C34H34O17/c1-44-20-8-5-16(13-22(20)46-3)6-10-24(37)49-31-28(40)34(43)50-29(31)19(36)15-48-32(41)25(30-26(38)27(39)33(42)51-30)18(11-12-35)17-7-9-21(45-2)23(14-17)47-4/h5-10,13-14,19,29-30,35-36,38-40H,11-12,15H2,1-4H3/t19-,29+,30+/m0/s1. The van der Waals surface area contributed by atoms with Crippen LogP contribution in [0.5, 0.6) is 23.0 Å². The summed E-state index contributed by atoms with van der Waals surface area (Å²) >= 11 is 0. The summed E-state index contributed by atoms with van der Waals surface area (Å²) in [6.45, 7) is -1.54. The fourth-order valence-electron chi connectivity index (χ4n) is 5.01. The van der Waals surface area contributed by atoms with Gasteiger partial charge in [0.2, 0.25) is 17.3 Å². The maximum atomic E-state index is 13.7. The number of aliphatic hydroxyl groups is 5. The molecule has 17 heteroatoms. The first-order chi connectivity index (χ1) is 24.4. The molecule has 0 aromatic heterocycles. The average molecular weight is 715 g/mol. The molecule has 2 aliphatic rings. The SMILES string of the molecule is COc1ccc(C=CC(=O)OC2=C(O)C(=O)O[C@@H]2[C@@H](O)COC(=O)C(=C(CCO)c2ccc(OC)c(OC)c2)[C@H]2OC(=O)C(O)=C2O)cc1OC. The first-order valence-electron chi connectivity index (χ1n) is 14.9. The molecule has 0 bridgehead atoms. The zero-order valence-corrected chi connectivity index (χ0v) is 27.6. The van der Waals surface area contributed by atoms with Gasteiger partial charge in [-0.25, -0.2) is 19.2 Å². The highest BCUT2D eigenvalue weighted by atomic mass is 16.6. The van der Waals surface area contributed by atoms with Crippen molar-refractivity contribution in [3.8, 4) is 23.0 Å². The lowest BCUT2D eigenvalue weighted by molar-refractivity contribution is -0.155. The summed E-state index contributed by atoms with van der Waals surface area (Å²) < 4.78 is 41.3. The molecule has 0 radical (unpaired) electrons. The Morgan fingerprint density at radius 1 is 0.843 bits per heavy atom. The van der Waals surface area contributed by atoms with Gasteiger partial charge in [0.1, 0.15) is 12.7 Å². The van der Waals surface area contributed by atoms with Gasteiger partial charge in [-0.3, -0.25) is 0 Å². The van der Waals surface area contributed by atoms with Crippen molar-refractivity contribution in [2.45, 2.75) is 24.7 Å². The van der Waals surface area contributed by atoms with Crippen molar-refractivity contribution in [2.24, 2.45) is 0 Å². The van der Waals surface area contributed by atoms with E-state index in [1.807, 2.05) is 0 Å². The largest absolute Gasteiger partial charge is 0.505 e. The van der Waals surface area contributed by atoms with E-state index in [4.69, 9.17) is 37.9 Å². The topological polar surface area (TPSA) is 243 Å². The van der Waals surface area contributed by atoms with Gasteiger partial charge < -0.3 is 63.4 Å². The summed E-state index contributed by atoms with van der Waals surface area (Å²) in [4.78, 5) is 50.6. The lowest BCUT2D eigenvalue weighted by atomic mass is 9.92. The van der Waals surface area contributed by atoms with Crippen molar-refractivity contribution in [3.05, 3.63) is 82.2 Å². The van der Waals surface area contributed by atoms with E-state index in [0.717, 1.165) is 6.08 Å². The molecule has 51 heavy (non-hydrogen) atoms. The van der Waals surface area contributed by atoms with Crippen molar-refractivity contribution in [1.29, 1.82) is 0 Å². The molecule has 0 fully saturated rings. The van der Waals surface area contributed by atoms with Crippen molar-refractivity contribution in [2.75, 3.05) is 41.7 Å². The Bertz CT molecular complexity index is 1820. The molecular weight excluding hydrogens is 680 g/mol. The predicted molar refractivity (Wildman–Crippen MR) is 172 cm³/mol. The molecule has 0 unspecified atom stereocenters. The van der Waals surface area contributed by atoms with E-state index in [2.05, 4.69) is 0 Å². The summed E-state index contributed by atoms with van der Waals surface area (Å²) in [5.41, 5.74) is 0.117. The zero-order chi connectivity index (χ0) is 37.4. The van der Waals surface area contributed by atoms with Crippen LogP contribution >= 0.6 is 0 Å². The van der Waals surface area contributed by atoms with Gasteiger partial charge in [-0.15, -0.1) is 0 Å². The monoisotopic (exact) mass is 714 g/mol. The molecule has 0 amide bonds. The lowest BCUT2D eigenvalue weighted by Crippen LogP contribution is -2.36. The van der Waals surface area contributed by atoms with Gasteiger partial charge >= 0.3 is 23.9 Å². The number of hydrogen-bond acceptors (Lipinski definition) is 17. The van der Waals surface area contributed by atoms with Crippen molar-refractivity contribution in [1.82, 2.24) is 0 Å². The number of ether oxygens (including phenoxy) is 8. The fourth-order valence-corrected chi connectivity index (χ4v) is 5.01. The molecule has 4 rings (SSSR count). The van der Waals surface area contributed by atoms with E-state index in [-0.39, 0.29) is 23.3 Å². The molecule has 0 saturated carbocycles. The third-order valence-electron chi connectivity index (χ3n) is 7.49. The van der Waals surface area contributed by atoms with Gasteiger partial charge in [-0.2, -0.15) is 0 Å². The molecule has 3 atom stereocenters.